The third-order valence-corrected chi connectivity index (χ3v) is 1.56. The summed E-state index contributed by atoms with van der Waals surface area (Å²) in [5.74, 6) is 0. The summed E-state index contributed by atoms with van der Waals surface area (Å²) >= 11 is 0. The Bertz CT molecular complexity index is 427. The first kappa shape index (κ1) is 14.2. The van der Waals surface area contributed by atoms with E-state index in [4.69, 9.17) is 13.0 Å². The molecule has 6 heteroatoms. The van der Waals surface area contributed by atoms with Crippen molar-refractivity contribution in [2.24, 2.45) is 4.99 Å². The lowest BCUT2D eigenvalue weighted by molar-refractivity contribution is 0.509. The molecule has 1 aromatic carbocycles. The molecule has 0 saturated carbocycles. The Morgan fingerprint density at radius 3 is 2.25 bits per heavy atom. The van der Waals surface area contributed by atoms with Crippen molar-refractivity contribution in [1.29, 1.82) is 0 Å². The summed E-state index contributed by atoms with van der Waals surface area (Å²) in [6, 6.07) is 9.23. The van der Waals surface area contributed by atoms with Gasteiger partial charge in [0.25, 0.3) is 11.0 Å². The van der Waals surface area contributed by atoms with Gasteiger partial charge < -0.3 is 0 Å². The highest BCUT2D eigenvalue weighted by Gasteiger charge is 2.02. The highest BCUT2D eigenvalue weighted by atomic mass is 32.2. The zero-order chi connectivity index (χ0) is 12.4. The van der Waals surface area contributed by atoms with Gasteiger partial charge in [0.2, 0.25) is 6.08 Å². The number of aliphatic imine (C=N–C) groups is 1. The van der Waals surface area contributed by atoms with Crippen molar-refractivity contribution in [2.45, 2.75) is 6.04 Å². The highest BCUT2D eigenvalue weighted by Crippen LogP contribution is 2.16. The molecule has 5 nitrogen and oxygen atoms in total. The van der Waals surface area contributed by atoms with Crippen molar-refractivity contribution in [1.82, 2.24) is 0 Å². The quantitative estimate of drug-likeness (QED) is 0.275. The summed E-state index contributed by atoms with van der Waals surface area (Å²) in [4.78, 5) is 13.6. The van der Waals surface area contributed by atoms with Crippen molar-refractivity contribution < 1.29 is 17.8 Å². The van der Waals surface area contributed by atoms with Crippen LogP contribution in [-0.2, 0) is 15.8 Å². The smallest absolute Gasteiger partial charge is 0.254 e. The Morgan fingerprint density at radius 1 is 1.38 bits per heavy atom. The standard InChI is InChI=1S/C10H9NO.H2O3S/c1-2-10(11-8-12)9-6-4-3-5-7-9;1-4(2)3/h2-7,10H,1H2;4H,(H,1,2,3). The third-order valence-electron chi connectivity index (χ3n) is 1.56. The first-order valence-corrected chi connectivity index (χ1v) is 5.32. The minimum Gasteiger partial charge on any atom is -0.288 e. The van der Waals surface area contributed by atoms with Gasteiger partial charge in [0.15, 0.2) is 0 Å². The fourth-order valence-corrected chi connectivity index (χ4v) is 0.970. The molecular weight excluding hydrogens is 230 g/mol. The predicted octanol–water partition coefficient (Wildman–Crippen LogP) is 1.32. The minimum atomic E-state index is -3.12. The van der Waals surface area contributed by atoms with E-state index < -0.39 is 11.0 Å². The van der Waals surface area contributed by atoms with Gasteiger partial charge in [0, 0.05) is 0 Å². The highest BCUT2D eigenvalue weighted by molar-refractivity contribution is 7.66. The second-order valence-electron chi connectivity index (χ2n) is 2.55. The van der Waals surface area contributed by atoms with E-state index in [9.17, 15) is 4.79 Å². The number of hydrogen-bond acceptors (Lipinski definition) is 4. The predicted molar refractivity (Wildman–Crippen MR) is 60.4 cm³/mol. The van der Waals surface area contributed by atoms with Crippen molar-refractivity contribution in [2.75, 3.05) is 0 Å². The molecule has 1 atom stereocenters. The van der Waals surface area contributed by atoms with E-state index in [-0.39, 0.29) is 6.04 Å². The van der Waals surface area contributed by atoms with E-state index in [2.05, 4.69) is 11.6 Å². The molecule has 0 saturated heterocycles. The molecule has 0 spiro atoms. The lowest BCUT2D eigenvalue weighted by Gasteiger charge is -2.03. The maximum absolute atomic E-state index is 10.0. The summed E-state index contributed by atoms with van der Waals surface area (Å²) in [6.07, 6.45) is 3.13. The fourth-order valence-electron chi connectivity index (χ4n) is 0.970. The van der Waals surface area contributed by atoms with Crippen LogP contribution < -0.4 is 0 Å². The monoisotopic (exact) mass is 241 g/mol. The van der Waals surface area contributed by atoms with Gasteiger partial charge in [0.05, 0.1) is 0 Å². The van der Waals surface area contributed by atoms with Crippen LogP contribution in [0.15, 0.2) is 48.0 Å². The van der Waals surface area contributed by atoms with E-state index in [0.717, 1.165) is 5.56 Å². The molecule has 0 heterocycles. The Balaban J connectivity index is 0.000000487. The average Bonchev–Trinajstić information content (AvgIpc) is 2.26. The van der Waals surface area contributed by atoms with Crippen LogP contribution in [0.3, 0.4) is 0 Å². The average molecular weight is 241 g/mol. The number of rotatable bonds is 3. The fraction of sp³-hybridized carbons (Fsp3) is 0.100. The van der Waals surface area contributed by atoms with E-state index in [1.54, 1.807) is 6.08 Å². The Kier molecular flexibility index (Phi) is 7.61. The van der Waals surface area contributed by atoms with Crippen molar-refractivity contribution >= 4 is 17.1 Å². The number of hydrogen-bond donors (Lipinski definition) is 2. The third kappa shape index (κ3) is 6.67. The second-order valence-corrected chi connectivity index (χ2v) is 3.03. The van der Waals surface area contributed by atoms with Gasteiger partial charge in [-0.25, -0.2) is 13.2 Å². The van der Waals surface area contributed by atoms with E-state index in [0.29, 0.717) is 0 Å². The van der Waals surface area contributed by atoms with Crippen molar-refractivity contribution in [3.05, 3.63) is 48.6 Å². The molecule has 0 aliphatic carbocycles. The molecule has 86 valence electrons. The molecule has 0 radical (unpaired) electrons. The van der Waals surface area contributed by atoms with Crippen LogP contribution in [0, 0.1) is 0 Å². The zero-order valence-corrected chi connectivity index (χ0v) is 9.21. The van der Waals surface area contributed by atoms with Gasteiger partial charge in [-0.05, 0) is 5.56 Å². The lowest BCUT2D eigenvalue weighted by atomic mass is 10.1. The van der Waals surface area contributed by atoms with Crippen LogP contribution >= 0.6 is 0 Å². The van der Waals surface area contributed by atoms with Gasteiger partial charge in [-0.1, -0.05) is 36.4 Å². The molecule has 16 heavy (non-hydrogen) atoms. The zero-order valence-electron chi connectivity index (χ0n) is 8.31. The van der Waals surface area contributed by atoms with Crippen LogP contribution in [0.4, 0.5) is 0 Å². The van der Waals surface area contributed by atoms with Gasteiger partial charge in [-0.3, -0.25) is 4.55 Å². The van der Waals surface area contributed by atoms with E-state index in [1.165, 1.54) is 6.08 Å². The molecule has 0 aromatic heterocycles. The van der Waals surface area contributed by atoms with E-state index >= 15 is 0 Å². The molecule has 1 aromatic rings. The molecule has 1 N–H and O–H groups in total. The molecule has 0 fully saturated rings. The Labute approximate surface area is 94.9 Å². The summed E-state index contributed by atoms with van der Waals surface area (Å²) < 4.78 is 24.2. The van der Waals surface area contributed by atoms with E-state index in [1.807, 2.05) is 30.3 Å². The number of benzene rings is 1. The summed E-state index contributed by atoms with van der Waals surface area (Å²) in [5, 5.41) is 0. The summed E-state index contributed by atoms with van der Waals surface area (Å²) in [6.45, 7) is 3.58. The normalized spacial score (nSPS) is 10.6. The molecule has 1 rings (SSSR count). The van der Waals surface area contributed by atoms with Gasteiger partial charge >= 0.3 is 0 Å². The van der Waals surface area contributed by atoms with Crippen LogP contribution in [0.25, 0.3) is 0 Å². The minimum absolute atomic E-state index is 0.260. The number of thiol groups is 1. The molecule has 0 amide bonds. The molecule has 0 bridgehead atoms. The number of carbonyl (C=O) groups excluding carboxylic acids is 1. The molecule has 0 aliphatic rings. The van der Waals surface area contributed by atoms with Gasteiger partial charge in [-0.2, -0.15) is 4.99 Å². The number of isocyanates is 1. The van der Waals surface area contributed by atoms with Gasteiger partial charge in [-0.15, -0.1) is 6.58 Å². The summed E-state index contributed by atoms with van der Waals surface area (Å²) in [5.41, 5.74) is 0.954. The summed E-state index contributed by atoms with van der Waals surface area (Å²) in [7, 11) is -3.12. The first-order chi connectivity index (χ1) is 7.61. The largest absolute Gasteiger partial charge is 0.288 e. The van der Waals surface area contributed by atoms with Crippen LogP contribution in [0.2, 0.25) is 0 Å². The van der Waals surface area contributed by atoms with Crippen LogP contribution in [0.5, 0.6) is 0 Å². The maximum Gasteiger partial charge on any atom is 0.254 e. The topological polar surface area (TPSA) is 83.8 Å². The van der Waals surface area contributed by atoms with Crippen LogP contribution in [0.1, 0.15) is 11.6 Å². The first-order valence-electron chi connectivity index (χ1n) is 4.19. The SMILES string of the molecule is C=CC(N=C=O)c1ccccc1.O=[SH](=O)O. The molecule has 0 aliphatic heterocycles. The van der Waals surface area contributed by atoms with Crippen LogP contribution in [-0.4, -0.2) is 19.1 Å². The van der Waals surface area contributed by atoms with Gasteiger partial charge in [0.1, 0.15) is 6.04 Å². The molecular formula is C10H11NO4S. The van der Waals surface area contributed by atoms with Crippen molar-refractivity contribution in [3.8, 4) is 0 Å². The maximum atomic E-state index is 10.0. The Morgan fingerprint density at radius 2 is 1.88 bits per heavy atom. The lowest BCUT2D eigenvalue weighted by Crippen LogP contribution is -1.88. The van der Waals surface area contributed by atoms with Crippen molar-refractivity contribution in [3.63, 3.8) is 0 Å². The second kappa shape index (κ2) is 8.55. The number of nitrogens with zero attached hydrogens (tertiary/aromatic N) is 1. The molecule has 1 unspecified atom stereocenters. The Hall–Kier alpha value is -1.75.